The van der Waals surface area contributed by atoms with Gasteiger partial charge < -0.3 is 29.0 Å². The molecule has 4 aromatic rings. The lowest BCUT2D eigenvalue weighted by Crippen LogP contribution is -2.34. The van der Waals surface area contributed by atoms with Crippen LogP contribution in [0.4, 0.5) is 0 Å². The monoisotopic (exact) mass is 585 g/mol. The van der Waals surface area contributed by atoms with Gasteiger partial charge in [0, 0.05) is 48.1 Å². The van der Waals surface area contributed by atoms with Crippen LogP contribution in [0.15, 0.2) is 72.9 Å². The van der Waals surface area contributed by atoms with E-state index < -0.39 is 0 Å². The Balaban J connectivity index is 1.66. The van der Waals surface area contributed by atoms with Crippen LogP contribution in [0.5, 0.6) is 17.2 Å². The van der Waals surface area contributed by atoms with Crippen molar-refractivity contribution in [2.45, 2.75) is 58.5 Å². The van der Waals surface area contributed by atoms with Crippen LogP contribution >= 0.6 is 0 Å². The Morgan fingerprint density at radius 3 is 2.16 bits per heavy atom. The van der Waals surface area contributed by atoms with E-state index in [0.29, 0.717) is 24.5 Å². The van der Waals surface area contributed by atoms with Gasteiger partial charge in [-0.05, 0) is 86.4 Å². The molecule has 0 saturated heterocycles. The van der Waals surface area contributed by atoms with Crippen LogP contribution < -0.4 is 19.5 Å². The predicted molar refractivity (Wildman–Crippen MR) is 175 cm³/mol. The Kier molecular flexibility index (Phi) is 11.5. The molecule has 0 saturated carbocycles. The fourth-order valence-electron chi connectivity index (χ4n) is 5.80. The minimum absolute atomic E-state index is 0.0362. The van der Waals surface area contributed by atoms with Crippen LogP contribution in [0, 0.1) is 0 Å². The summed E-state index contributed by atoms with van der Waals surface area (Å²) in [5.74, 6) is 2.07. The van der Waals surface area contributed by atoms with Gasteiger partial charge >= 0.3 is 0 Å². The molecule has 7 nitrogen and oxygen atoms in total. The van der Waals surface area contributed by atoms with Crippen LogP contribution in [0.3, 0.4) is 0 Å². The van der Waals surface area contributed by atoms with Crippen molar-refractivity contribution in [3.63, 3.8) is 0 Å². The highest BCUT2D eigenvalue weighted by Gasteiger charge is 2.25. The van der Waals surface area contributed by atoms with Crippen molar-refractivity contribution < 1.29 is 19.0 Å². The zero-order valence-electron chi connectivity index (χ0n) is 26.6. The molecule has 0 radical (unpaired) electrons. The number of methoxy groups -OCH3 is 3. The lowest BCUT2D eigenvalue weighted by molar-refractivity contribution is -0.121. The Labute approximate surface area is 256 Å². The highest BCUT2D eigenvalue weighted by atomic mass is 16.5. The molecule has 1 N–H and O–H groups in total. The van der Waals surface area contributed by atoms with Gasteiger partial charge in [0.1, 0.15) is 17.2 Å². The molecular weight excluding hydrogens is 538 g/mol. The van der Waals surface area contributed by atoms with Gasteiger partial charge in [-0.1, -0.05) is 44.2 Å². The highest BCUT2D eigenvalue weighted by molar-refractivity contribution is 5.87. The standard InChI is InChI=1S/C36H47N3O4/c1-7-38(8-2)19-11-12-26(3)37-36(40)23-33(28-20-30(42-5)22-31(21-28)43-6)34-25-39(35-14-10-9-13-32(34)35)24-27-15-17-29(41-4)18-16-27/h9-10,13-18,20-22,25-26,33H,7-8,11-12,19,23-24H2,1-6H3,(H,37,40)/t26-,33-/m1/s1. The normalized spacial score (nSPS) is 12.7. The summed E-state index contributed by atoms with van der Waals surface area (Å²) in [6, 6.07) is 22.6. The van der Waals surface area contributed by atoms with E-state index in [2.05, 4.69) is 78.2 Å². The Hall–Kier alpha value is -3.97. The first-order valence-corrected chi connectivity index (χ1v) is 15.3. The van der Waals surface area contributed by atoms with Crippen LogP contribution in [0.2, 0.25) is 0 Å². The minimum Gasteiger partial charge on any atom is -0.497 e. The summed E-state index contributed by atoms with van der Waals surface area (Å²) in [6.45, 7) is 10.3. The number of nitrogens with zero attached hydrogens (tertiary/aromatic N) is 2. The third-order valence-electron chi connectivity index (χ3n) is 8.29. The van der Waals surface area contributed by atoms with Crippen LogP contribution in [-0.4, -0.2) is 62.4 Å². The molecular formula is C36H47N3O4. The summed E-state index contributed by atoms with van der Waals surface area (Å²) in [5, 5.41) is 4.41. The summed E-state index contributed by atoms with van der Waals surface area (Å²) < 4.78 is 18.9. The van der Waals surface area contributed by atoms with Crippen molar-refractivity contribution in [3.8, 4) is 17.2 Å². The maximum absolute atomic E-state index is 13.6. The molecule has 0 aliphatic rings. The number of nitrogens with one attached hydrogen (secondary N) is 1. The number of rotatable bonds is 16. The topological polar surface area (TPSA) is 65.0 Å². The number of ether oxygens (including phenoxy) is 3. The maximum Gasteiger partial charge on any atom is 0.221 e. The average molecular weight is 586 g/mol. The molecule has 1 amide bonds. The van der Waals surface area contributed by atoms with E-state index in [4.69, 9.17) is 14.2 Å². The van der Waals surface area contributed by atoms with Gasteiger partial charge in [0.15, 0.2) is 0 Å². The molecule has 4 rings (SSSR count). The molecule has 0 fully saturated rings. The predicted octanol–water partition coefficient (Wildman–Crippen LogP) is 6.86. The Morgan fingerprint density at radius 1 is 0.884 bits per heavy atom. The third-order valence-corrected chi connectivity index (χ3v) is 8.29. The molecule has 1 heterocycles. The summed E-state index contributed by atoms with van der Waals surface area (Å²) in [5.41, 5.74) is 4.37. The number of aromatic nitrogens is 1. The van der Waals surface area contributed by atoms with E-state index in [0.717, 1.165) is 60.3 Å². The zero-order chi connectivity index (χ0) is 30.8. The fraction of sp³-hybridized carbons (Fsp3) is 0.417. The average Bonchev–Trinajstić information content (AvgIpc) is 3.39. The summed E-state index contributed by atoms with van der Waals surface area (Å²) in [4.78, 5) is 16.0. The first kappa shape index (κ1) is 32.0. The molecule has 0 spiro atoms. The van der Waals surface area contributed by atoms with Gasteiger partial charge in [-0.3, -0.25) is 4.79 Å². The quantitative estimate of drug-likeness (QED) is 0.156. The first-order valence-electron chi connectivity index (χ1n) is 15.3. The SMILES string of the molecule is CCN(CC)CCC[C@@H](C)NC(=O)C[C@H](c1cc(OC)cc(OC)c1)c1cn(Cc2ccc(OC)cc2)c2ccccc12. The first-order chi connectivity index (χ1) is 20.9. The van der Waals surface area contributed by atoms with E-state index in [9.17, 15) is 4.79 Å². The van der Waals surface area contributed by atoms with Crippen molar-refractivity contribution in [2.75, 3.05) is 41.0 Å². The van der Waals surface area contributed by atoms with Crippen LogP contribution in [0.25, 0.3) is 10.9 Å². The number of benzene rings is 3. The molecule has 43 heavy (non-hydrogen) atoms. The van der Waals surface area contributed by atoms with E-state index in [1.54, 1.807) is 21.3 Å². The molecule has 7 heteroatoms. The van der Waals surface area contributed by atoms with Gasteiger partial charge in [-0.15, -0.1) is 0 Å². The molecule has 0 bridgehead atoms. The minimum atomic E-state index is -0.200. The van der Waals surface area contributed by atoms with Crippen LogP contribution in [0.1, 0.15) is 62.6 Å². The van der Waals surface area contributed by atoms with Gasteiger partial charge in [0.25, 0.3) is 0 Å². The van der Waals surface area contributed by atoms with Crippen molar-refractivity contribution in [2.24, 2.45) is 0 Å². The molecule has 0 aliphatic heterocycles. The number of amides is 1. The second-order valence-corrected chi connectivity index (χ2v) is 11.1. The molecule has 230 valence electrons. The Bertz CT molecular complexity index is 1440. The number of hydrogen-bond acceptors (Lipinski definition) is 5. The van der Waals surface area contributed by atoms with Crippen molar-refractivity contribution in [1.29, 1.82) is 0 Å². The van der Waals surface area contributed by atoms with Crippen molar-refractivity contribution >= 4 is 16.8 Å². The number of fused-ring (bicyclic) bond motifs is 1. The maximum atomic E-state index is 13.6. The number of carbonyl (C=O) groups excluding carboxylic acids is 1. The second kappa shape index (κ2) is 15.5. The molecule has 0 aliphatic carbocycles. The molecule has 3 aromatic carbocycles. The Morgan fingerprint density at radius 2 is 1.53 bits per heavy atom. The van der Waals surface area contributed by atoms with E-state index in [1.165, 1.54) is 5.56 Å². The molecule has 2 atom stereocenters. The van der Waals surface area contributed by atoms with Gasteiger partial charge in [0.05, 0.1) is 21.3 Å². The number of para-hydroxylation sites is 1. The summed E-state index contributed by atoms with van der Waals surface area (Å²) >= 11 is 0. The summed E-state index contributed by atoms with van der Waals surface area (Å²) in [6.07, 6.45) is 4.51. The molecule has 0 unspecified atom stereocenters. The van der Waals surface area contributed by atoms with Gasteiger partial charge in [-0.2, -0.15) is 0 Å². The zero-order valence-corrected chi connectivity index (χ0v) is 26.6. The van der Waals surface area contributed by atoms with Gasteiger partial charge in [-0.25, -0.2) is 0 Å². The smallest absolute Gasteiger partial charge is 0.221 e. The molecule has 1 aromatic heterocycles. The van der Waals surface area contributed by atoms with E-state index in [-0.39, 0.29) is 17.9 Å². The largest absolute Gasteiger partial charge is 0.497 e. The van der Waals surface area contributed by atoms with Crippen molar-refractivity contribution in [3.05, 3.63) is 89.6 Å². The van der Waals surface area contributed by atoms with E-state index in [1.807, 2.05) is 30.3 Å². The third kappa shape index (κ3) is 8.32. The van der Waals surface area contributed by atoms with Crippen molar-refractivity contribution in [1.82, 2.24) is 14.8 Å². The fourth-order valence-corrected chi connectivity index (χ4v) is 5.80. The van der Waals surface area contributed by atoms with Crippen LogP contribution in [-0.2, 0) is 11.3 Å². The lowest BCUT2D eigenvalue weighted by atomic mass is 9.87. The summed E-state index contributed by atoms with van der Waals surface area (Å²) in [7, 11) is 4.99. The van der Waals surface area contributed by atoms with E-state index >= 15 is 0 Å². The van der Waals surface area contributed by atoms with Gasteiger partial charge in [0.2, 0.25) is 5.91 Å². The lowest BCUT2D eigenvalue weighted by Gasteiger charge is -2.22. The highest BCUT2D eigenvalue weighted by Crippen LogP contribution is 2.38. The second-order valence-electron chi connectivity index (χ2n) is 11.1. The number of hydrogen-bond donors (Lipinski definition) is 1. The number of carbonyl (C=O) groups is 1.